The third kappa shape index (κ3) is 2.24. The Hall–Kier alpha value is -2.69. The molecule has 3 aromatic rings. The Morgan fingerprint density at radius 3 is 2.03 bits per heavy atom. The standard InChI is InChI=1S/C23H16Cl2N2O2/c1-22-19(20(28)27(21(22)29)18-12-16(24)11-17(25)13-18)23(22,14-5-3-2-4-6-14)15-7-9-26-10-8-15/h2-13,19H,1H3/t19-,22-,23+/m0/s1. The number of rotatable bonds is 3. The molecular formula is C23H16Cl2N2O2. The third-order valence-electron chi connectivity index (χ3n) is 6.33. The Morgan fingerprint density at radius 2 is 1.48 bits per heavy atom. The molecule has 4 nitrogen and oxygen atoms in total. The van der Waals surface area contributed by atoms with Crippen LogP contribution in [0.2, 0.25) is 10.0 Å². The lowest BCUT2D eigenvalue weighted by Crippen LogP contribution is -2.42. The van der Waals surface area contributed by atoms with E-state index >= 15 is 0 Å². The Kier molecular flexibility index (Phi) is 3.89. The number of carbonyl (C=O) groups excluding carboxylic acids is 2. The van der Waals surface area contributed by atoms with Crippen molar-refractivity contribution in [2.75, 3.05) is 4.90 Å². The topological polar surface area (TPSA) is 50.3 Å². The summed E-state index contributed by atoms with van der Waals surface area (Å²) >= 11 is 12.2. The van der Waals surface area contributed by atoms with Crippen LogP contribution in [-0.4, -0.2) is 16.8 Å². The van der Waals surface area contributed by atoms with E-state index in [1.165, 1.54) is 4.90 Å². The minimum atomic E-state index is -0.901. The van der Waals surface area contributed by atoms with E-state index in [0.717, 1.165) is 11.1 Å². The largest absolute Gasteiger partial charge is 0.274 e. The van der Waals surface area contributed by atoms with E-state index in [0.29, 0.717) is 15.7 Å². The molecule has 29 heavy (non-hydrogen) atoms. The molecule has 5 rings (SSSR count). The second-order valence-electron chi connectivity index (χ2n) is 7.65. The van der Waals surface area contributed by atoms with Crippen LogP contribution in [0.15, 0.2) is 73.1 Å². The lowest BCUT2D eigenvalue weighted by Gasteiger charge is -2.29. The highest BCUT2D eigenvalue weighted by atomic mass is 35.5. The summed E-state index contributed by atoms with van der Waals surface area (Å²) in [7, 11) is 0. The summed E-state index contributed by atoms with van der Waals surface area (Å²) in [5.74, 6) is -0.993. The Balaban J connectivity index is 1.68. The van der Waals surface area contributed by atoms with Crippen LogP contribution in [0, 0.1) is 11.3 Å². The molecule has 1 aromatic heterocycles. The van der Waals surface area contributed by atoms with E-state index in [1.807, 2.05) is 49.4 Å². The first kappa shape index (κ1) is 18.3. The van der Waals surface area contributed by atoms with Crippen molar-refractivity contribution in [1.29, 1.82) is 0 Å². The molecule has 2 aliphatic rings. The van der Waals surface area contributed by atoms with Gasteiger partial charge in [0.05, 0.1) is 17.0 Å². The predicted molar refractivity (Wildman–Crippen MR) is 112 cm³/mol. The average Bonchev–Trinajstić information content (AvgIpc) is 3.23. The molecule has 2 aromatic carbocycles. The van der Waals surface area contributed by atoms with E-state index in [4.69, 9.17) is 23.2 Å². The lowest BCUT2D eigenvalue weighted by atomic mass is 9.79. The SMILES string of the molecule is C[C@@]12C(=O)N(c3cc(Cl)cc(Cl)c3)C(=O)[C@@H]1[C@@]2(c1ccccc1)c1ccncc1. The first-order valence-corrected chi connectivity index (χ1v) is 9.98. The van der Waals surface area contributed by atoms with Gasteiger partial charge >= 0.3 is 0 Å². The van der Waals surface area contributed by atoms with Crippen LogP contribution in [0.1, 0.15) is 18.1 Å². The second-order valence-corrected chi connectivity index (χ2v) is 8.52. The number of fused-ring (bicyclic) bond motifs is 1. The van der Waals surface area contributed by atoms with Crippen LogP contribution >= 0.6 is 23.2 Å². The van der Waals surface area contributed by atoms with Gasteiger partial charge in [0.25, 0.3) is 0 Å². The highest BCUT2D eigenvalue weighted by molar-refractivity contribution is 6.36. The number of nitrogens with zero attached hydrogens (tertiary/aromatic N) is 2. The Labute approximate surface area is 178 Å². The fourth-order valence-electron chi connectivity index (χ4n) is 5.13. The molecule has 2 fully saturated rings. The van der Waals surface area contributed by atoms with Crippen molar-refractivity contribution >= 4 is 40.7 Å². The molecule has 0 N–H and O–H groups in total. The van der Waals surface area contributed by atoms with Crippen LogP contribution in [0.4, 0.5) is 5.69 Å². The van der Waals surface area contributed by atoms with Crippen molar-refractivity contribution in [3.05, 3.63) is 94.2 Å². The van der Waals surface area contributed by atoms with Gasteiger partial charge in [-0.25, -0.2) is 4.90 Å². The number of amides is 2. The van der Waals surface area contributed by atoms with Gasteiger partial charge < -0.3 is 0 Å². The highest BCUT2D eigenvalue weighted by Crippen LogP contribution is 2.76. The monoisotopic (exact) mass is 422 g/mol. The first-order valence-electron chi connectivity index (χ1n) is 9.23. The van der Waals surface area contributed by atoms with Crippen molar-refractivity contribution in [1.82, 2.24) is 4.98 Å². The minimum absolute atomic E-state index is 0.239. The molecule has 1 saturated heterocycles. The number of piperidine rings is 1. The number of carbonyl (C=O) groups is 2. The van der Waals surface area contributed by atoms with E-state index in [2.05, 4.69) is 4.98 Å². The number of pyridine rings is 1. The van der Waals surface area contributed by atoms with E-state index in [1.54, 1.807) is 30.6 Å². The van der Waals surface area contributed by atoms with Crippen molar-refractivity contribution in [3.63, 3.8) is 0 Å². The number of halogens is 2. The van der Waals surface area contributed by atoms with Gasteiger partial charge in [0.2, 0.25) is 11.8 Å². The van der Waals surface area contributed by atoms with Crippen molar-refractivity contribution in [2.45, 2.75) is 12.3 Å². The summed E-state index contributed by atoms with van der Waals surface area (Å²) in [5, 5.41) is 0.754. The minimum Gasteiger partial charge on any atom is -0.274 e. The summed E-state index contributed by atoms with van der Waals surface area (Å²) in [6.45, 7) is 1.87. The maximum atomic E-state index is 13.7. The van der Waals surface area contributed by atoms with Crippen LogP contribution in [0.3, 0.4) is 0 Å². The third-order valence-corrected chi connectivity index (χ3v) is 6.77. The van der Waals surface area contributed by atoms with Gasteiger partial charge in [-0.15, -0.1) is 0 Å². The smallest absolute Gasteiger partial charge is 0.241 e. The van der Waals surface area contributed by atoms with Gasteiger partial charge in [-0.05, 0) is 48.4 Å². The number of hydrogen-bond donors (Lipinski definition) is 0. The Morgan fingerprint density at radius 1 is 0.897 bits per heavy atom. The predicted octanol–water partition coefficient (Wildman–Crippen LogP) is 4.88. The zero-order valence-electron chi connectivity index (χ0n) is 15.5. The molecule has 1 aliphatic heterocycles. The average molecular weight is 423 g/mol. The van der Waals surface area contributed by atoms with E-state index in [9.17, 15) is 9.59 Å². The number of imide groups is 1. The molecule has 0 spiro atoms. The summed E-state index contributed by atoms with van der Waals surface area (Å²) in [6.07, 6.45) is 3.39. The zero-order chi connectivity index (χ0) is 20.4. The maximum absolute atomic E-state index is 13.7. The lowest BCUT2D eigenvalue weighted by molar-refractivity contribution is -0.125. The first-order chi connectivity index (χ1) is 13.9. The molecule has 1 aliphatic carbocycles. The van der Waals surface area contributed by atoms with Crippen molar-refractivity contribution in [2.24, 2.45) is 11.3 Å². The highest BCUT2D eigenvalue weighted by Gasteiger charge is 2.86. The van der Waals surface area contributed by atoms with E-state index in [-0.39, 0.29) is 11.8 Å². The molecular weight excluding hydrogens is 407 g/mol. The van der Waals surface area contributed by atoms with Crippen LogP contribution < -0.4 is 4.90 Å². The van der Waals surface area contributed by atoms with E-state index < -0.39 is 16.7 Å². The summed E-state index contributed by atoms with van der Waals surface area (Å²) in [4.78, 5) is 32.6. The van der Waals surface area contributed by atoms with Crippen LogP contribution in [-0.2, 0) is 15.0 Å². The molecule has 1 saturated carbocycles. The quantitative estimate of drug-likeness (QED) is 0.564. The number of hydrogen-bond acceptors (Lipinski definition) is 3. The molecule has 0 radical (unpaired) electrons. The Bertz CT molecular complexity index is 1090. The van der Waals surface area contributed by atoms with Gasteiger partial charge in [-0.3, -0.25) is 14.6 Å². The molecule has 0 unspecified atom stereocenters. The number of aromatic nitrogens is 1. The van der Waals surface area contributed by atoms with Gasteiger partial charge in [-0.1, -0.05) is 53.5 Å². The summed E-state index contributed by atoms with van der Waals surface area (Å²) in [5.41, 5.74) is 0.648. The molecule has 3 atom stereocenters. The molecule has 2 amide bonds. The fourth-order valence-corrected chi connectivity index (χ4v) is 5.65. The second kappa shape index (κ2) is 6.15. The fraction of sp³-hybridized carbons (Fsp3) is 0.174. The van der Waals surface area contributed by atoms with Crippen molar-refractivity contribution < 1.29 is 9.59 Å². The summed E-state index contributed by atoms with van der Waals surface area (Å²) in [6, 6.07) is 18.3. The molecule has 144 valence electrons. The molecule has 6 heteroatoms. The van der Waals surface area contributed by atoms with Gasteiger partial charge in [0, 0.05) is 27.9 Å². The van der Waals surface area contributed by atoms with Crippen LogP contribution in [0.5, 0.6) is 0 Å². The van der Waals surface area contributed by atoms with Crippen molar-refractivity contribution in [3.8, 4) is 0 Å². The van der Waals surface area contributed by atoms with Crippen LogP contribution in [0.25, 0.3) is 0 Å². The normalized spacial score (nSPS) is 27.8. The number of anilines is 1. The van der Waals surface area contributed by atoms with Gasteiger partial charge in [0.15, 0.2) is 0 Å². The van der Waals surface area contributed by atoms with Gasteiger partial charge in [-0.2, -0.15) is 0 Å². The maximum Gasteiger partial charge on any atom is 0.241 e. The molecule has 2 heterocycles. The molecule has 0 bridgehead atoms. The van der Waals surface area contributed by atoms with Gasteiger partial charge in [0.1, 0.15) is 0 Å². The summed E-state index contributed by atoms with van der Waals surface area (Å²) < 4.78 is 0. The number of benzene rings is 2. The zero-order valence-corrected chi connectivity index (χ0v) is 17.0.